The van der Waals surface area contributed by atoms with Crippen molar-refractivity contribution in [3.63, 3.8) is 0 Å². The summed E-state index contributed by atoms with van der Waals surface area (Å²) >= 11 is 0. The number of hydrogen-bond donors (Lipinski definition) is 2. The number of carbonyl (C=O) groups is 1. The van der Waals surface area contributed by atoms with Gasteiger partial charge in [-0.15, -0.1) is 0 Å². The van der Waals surface area contributed by atoms with Crippen molar-refractivity contribution < 1.29 is 18.3 Å². The molecule has 1 aliphatic carbocycles. The molecule has 1 saturated carbocycles. The molecule has 5 nitrogen and oxygen atoms in total. The van der Waals surface area contributed by atoms with Gasteiger partial charge in [0.2, 0.25) is 0 Å². The van der Waals surface area contributed by atoms with Gasteiger partial charge in [0.15, 0.2) is 0 Å². The van der Waals surface area contributed by atoms with Gasteiger partial charge in [0.25, 0.3) is 5.91 Å². The summed E-state index contributed by atoms with van der Waals surface area (Å²) in [6, 6.07) is 2.96. The maximum atomic E-state index is 13.9. The van der Waals surface area contributed by atoms with Gasteiger partial charge < -0.3 is 10.1 Å². The van der Waals surface area contributed by atoms with E-state index >= 15 is 0 Å². The number of rotatable bonds is 3. The Labute approximate surface area is 124 Å². The van der Waals surface area contributed by atoms with Crippen LogP contribution in [0.3, 0.4) is 0 Å². The van der Waals surface area contributed by atoms with Crippen LogP contribution in [0.15, 0.2) is 18.2 Å². The fourth-order valence-corrected chi connectivity index (χ4v) is 2.68. The molecule has 7 heteroatoms. The molecule has 2 aliphatic rings. The lowest BCUT2D eigenvalue weighted by atomic mass is 10.1. The van der Waals surface area contributed by atoms with Crippen molar-refractivity contribution in [2.45, 2.75) is 24.8 Å². The van der Waals surface area contributed by atoms with E-state index in [1.165, 1.54) is 0 Å². The third kappa shape index (κ3) is 2.22. The molecular weight excluding hydrogens is 292 g/mol. The van der Waals surface area contributed by atoms with Gasteiger partial charge in [-0.1, -0.05) is 0 Å². The Morgan fingerprint density at radius 3 is 2.91 bits per heavy atom. The molecule has 0 bridgehead atoms. The molecule has 2 heterocycles. The number of benzene rings is 1. The van der Waals surface area contributed by atoms with Crippen LogP contribution in [0.5, 0.6) is 5.75 Å². The maximum absolute atomic E-state index is 13.9. The van der Waals surface area contributed by atoms with Crippen LogP contribution in [0.25, 0.3) is 0 Å². The standard InChI is InChI=1S/C15H13F2N3O2/c16-8-3-9(17)14-12(6-22-13(14)4-8)18-15(21)11-5-10(19-20-11)7-1-2-7/h3-5,7,12H,1-2,6H2,(H,18,21)(H,19,20)/t12-/m1/s1. The fraction of sp³-hybridized carbons (Fsp3) is 0.333. The number of aromatic amines is 1. The number of aromatic nitrogens is 2. The Balaban J connectivity index is 1.53. The van der Waals surface area contributed by atoms with Gasteiger partial charge in [0.05, 0.1) is 11.6 Å². The number of hydrogen-bond acceptors (Lipinski definition) is 3. The summed E-state index contributed by atoms with van der Waals surface area (Å²) in [5.41, 5.74) is 1.38. The number of halogens is 2. The first-order chi connectivity index (χ1) is 10.6. The van der Waals surface area contributed by atoms with Crippen LogP contribution in [0.4, 0.5) is 8.78 Å². The largest absolute Gasteiger partial charge is 0.490 e. The minimum atomic E-state index is -0.724. The third-order valence-corrected chi connectivity index (χ3v) is 3.96. The minimum absolute atomic E-state index is 0.0708. The lowest BCUT2D eigenvalue weighted by Crippen LogP contribution is -2.30. The SMILES string of the molecule is O=C(N[C@@H]1COc2cc(F)cc(F)c21)c1cc(C2CC2)[nH]n1. The summed E-state index contributed by atoms with van der Waals surface area (Å²) in [6.45, 7) is 0.0708. The van der Waals surface area contributed by atoms with Gasteiger partial charge in [0.1, 0.15) is 29.7 Å². The average Bonchev–Trinajstić information content (AvgIpc) is 3.06. The van der Waals surface area contributed by atoms with Crippen LogP contribution in [0.1, 0.15) is 46.5 Å². The van der Waals surface area contributed by atoms with E-state index in [-0.39, 0.29) is 23.6 Å². The smallest absolute Gasteiger partial charge is 0.272 e. The van der Waals surface area contributed by atoms with E-state index in [2.05, 4.69) is 15.5 Å². The summed E-state index contributed by atoms with van der Waals surface area (Å²) in [5, 5.41) is 9.50. The van der Waals surface area contributed by atoms with Crippen LogP contribution in [-0.2, 0) is 0 Å². The van der Waals surface area contributed by atoms with Gasteiger partial charge in [-0.2, -0.15) is 5.10 Å². The molecule has 1 aromatic carbocycles. The number of fused-ring (bicyclic) bond motifs is 1. The lowest BCUT2D eigenvalue weighted by Gasteiger charge is -2.11. The molecule has 1 aliphatic heterocycles. The molecule has 0 unspecified atom stereocenters. The molecule has 0 saturated heterocycles. The Morgan fingerprint density at radius 1 is 1.32 bits per heavy atom. The second-order valence-corrected chi connectivity index (χ2v) is 5.62. The molecule has 4 rings (SSSR count). The van der Waals surface area contributed by atoms with E-state index in [1.54, 1.807) is 6.07 Å². The normalized spacial score (nSPS) is 19.6. The molecule has 2 aromatic rings. The quantitative estimate of drug-likeness (QED) is 0.915. The van der Waals surface area contributed by atoms with Crippen molar-refractivity contribution in [2.75, 3.05) is 6.61 Å². The molecule has 2 N–H and O–H groups in total. The van der Waals surface area contributed by atoms with E-state index in [9.17, 15) is 13.6 Å². The first-order valence-electron chi connectivity index (χ1n) is 7.09. The van der Waals surface area contributed by atoms with E-state index in [0.717, 1.165) is 30.7 Å². The number of ether oxygens (including phenoxy) is 1. The molecule has 1 aromatic heterocycles. The van der Waals surface area contributed by atoms with Crippen molar-refractivity contribution in [2.24, 2.45) is 0 Å². The summed E-state index contributed by atoms with van der Waals surface area (Å²) in [7, 11) is 0. The zero-order chi connectivity index (χ0) is 15.3. The molecule has 22 heavy (non-hydrogen) atoms. The molecule has 1 amide bonds. The van der Waals surface area contributed by atoms with Crippen LogP contribution in [0, 0.1) is 11.6 Å². The number of amides is 1. The Hall–Kier alpha value is -2.44. The fourth-order valence-electron chi connectivity index (χ4n) is 2.68. The number of H-pyrrole nitrogens is 1. The van der Waals surface area contributed by atoms with Gasteiger partial charge in [0, 0.05) is 23.7 Å². The molecular formula is C15H13F2N3O2. The molecule has 0 spiro atoms. The van der Waals surface area contributed by atoms with Crippen molar-refractivity contribution in [1.29, 1.82) is 0 Å². The predicted octanol–water partition coefficient (Wildman–Crippen LogP) is 2.43. The van der Waals surface area contributed by atoms with Crippen LogP contribution in [-0.4, -0.2) is 22.7 Å². The van der Waals surface area contributed by atoms with Crippen molar-refractivity contribution in [1.82, 2.24) is 15.5 Å². The van der Waals surface area contributed by atoms with Crippen LogP contribution < -0.4 is 10.1 Å². The molecule has 0 radical (unpaired) electrons. The van der Waals surface area contributed by atoms with Crippen molar-refractivity contribution >= 4 is 5.91 Å². The summed E-state index contributed by atoms with van der Waals surface area (Å²) < 4.78 is 32.3. The van der Waals surface area contributed by atoms with E-state index in [4.69, 9.17) is 4.74 Å². The van der Waals surface area contributed by atoms with Crippen molar-refractivity contribution in [3.8, 4) is 5.75 Å². The molecule has 114 valence electrons. The van der Waals surface area contributed by atoms with Crippen LogP contribution >= 0.6 is 0 Å². The average molecular weight is 305 g/mol. The summed E-state index contributed by atoms with van der Waals surface area (Å²) in [5.74, 6) is -1.25. The molecule has 1 fully saturated rings. The summed E-state index contributed by atoms with van der Waals surface area (Å²) in [4.78, 5) is 12.2. The Morgan fingerprint density at radius 2 is 2.14 bits per heavy atom. The Kier molecular flexibility index (Phi) is 2.88. The second kappa shape index (κ2) is 4.79. The van der Waals surface area contributed by atoms with E-state index in [1.807, 2.05) is 0 Å². The van der Waals surface area contributed by atoms with Gasteiger partial charge >= 0.3 is 0 Å². The number of nitrogens with zero attached hydrogens (tertiary/aromatic N) is 1. The molecule has 1 atom stereocenters. The highest BCUT2D eigenvalue weighted by Gasteiger charge is 2.31. The summed E-state index contributed by atoms with van der Waals surface area (Å²) in [6.07, 6.45) is 2.20. The maximum Gasteiger partial charge on any atom is 0.272 e. The first-order valence-corrected chi connectivity index (χ1v) is 7.09. The van der Waals surface area contributed by atoms with Crippen molar-refractivity contribution in [3.05, 3.63) is 46.8 Å². The minimum Gasteiger partial charge on any atom is -0.490 e. The highest BCUT2D eigenvalue weighted by molar-refractivity contribution is 5.92. The zero-order valence-corrected chi connectivity index (χ0v) is 11.5. The zero-order valence-electron chi connectivity index (χ0n) is 11.5. The van der Waals surface area contributed by atoms with Gasteiger partial charge in [-0.25, -0.2) is 8.78 Å². The van der Waals surface area contributed by atoms with E-state index in [0.29, 0.717) is 5.92 Å². The van der Waals surface area contributed by atoms with Gasteiger partial charge in [-0.3, -0.25) is 9.89 Å². The van der Waals surface area contributed by atoms with E-state index < -0.39 is 23.6 Å². The third-order valence-electron chi connectivity index (χ3n) is 3.96. The Bertz CT molecular complexity index is 755. The topological polar surface area (TPSA) is 67.0 Å². The predicted molar refractivity (Wildman–Crippen MR) is 72.6 cm³/mol. The second-order valence-electron chi connectivity index (χ2n) is 5.62. The monoisotopic (exact) mass is 305 g/mol. The first kappa shape index (κ1) is 13.2. The highest BCUT2D eigenvalue weighted by Crippen LogP contribution is 2.39. The number of carbonyl (C=O) groups excluding carboxylic acids is 1. The lowest BCUT2D eigenvalue weighted by molar-refractivity contribution is 0.0924. The number of nitrogens with one attached hydrogen (secondary N) is 2. The van der Waals surface area contributed by atoms with Crippen LogP contribution in [0.2, 0.25) is 0 Å². The highest BCUT2D eigenvalue weighted by atomic mass is 19.1. The van der Waals surface area contributed by atoms with Gasteiger partial charge in [-0.05, 0) is 18.9 Å².